The minimum atomic E-state index is -0.654. The number of hydrogen-bond acceptors (Lipinski definition) is 4. The van der Waals surface area contributed by atoms with Gasteiger partial charge in [-0.3, -0.25) is 0 Å². The number of hydrogen-bond donors (Lipinski definition) is 1. The third-order valence-electron chi connectivity index (χ3n) is 2.98. The van der Waals surface area contributed by atoms with Gasteiger partial charge < -0.3 is 9.52 Å². The Bertz CT molecular complexity index is 303. The Hall–Kier alpha value is -0.900. The minimum Gasteiger partial charge on any atom is -0.422 e. The van der Waals surface area contributed by atoms with Crippen LogP contribution in [0, 0.1) is 5.92 Å². The maximum Gasteiger partial charge on any atom is 0.244 e. The molecule has 0 aromatic carbocycles. The van der Waals surface area contributed by atoms with Crippen LogP contribution in [0.2, 0.25) is 0 Å². The summed E-state index contributed by atoms with van der Waals surface area (Å²) in [6, 6.07) is 0. The van der Waals surface area contributed by atoms with Crippen LogP contribution in [0.3, 0.4) is 0 Å². The van der Waals surface area contributed by atoms with Gasteiger partial charge in [0.15, 0.2) is 0 Å². The Morgan fingerprint density at radius 3 is 2.71 bits per heavy atom. The highest BCUT2D eigenvalue weighted by molar-refractivity contribution is 4.99. The second-order valence-corrected chi connectivity index (χ2v) is 4.10. The molecule has 78 valence electrons. The molecule has 1 aliphatic carbocycles. The molecule has 0 aliphatic heterocycles. The molecule has 4 heteroatoms. The zero-order valence-corrected chi connectivity index (χ0v) is 8.60. The average molecular weight is 196 g/mol. The second-order valence-electron chi connectivity index (χ2n) is 4.10. The first-order valence-electron chi connectivity index (χ1n) is 5.22. The molecule has 1 aromatic heterocycles. The van der Waals surface area contributed by atoms with Gasteiger partial charge in [0.2, 0.25) is 11.8 Å². The smallest absolute Gasteiger partial charge is 0.244 e. The second kappa shape index (κ2) is 3.69. The molecule has 0 spiro atoms. The van der Waals surface area contributed by atoms with Gasteiger partial charge in [-0.25, -0.2) is 0 Å². The van der Waals surface area contributed by atoms with Crippen molar-refractivity contribution in [3.8, 4) is 0 Å². The van der Waals surface area contributed by atoms with Gasteiger partial charge in [0, 0.05) is 5.92 Å². The number of aliphatic hydroxyl groups is 1. The lowest BCUT2D eigenvalue weighted by Gasteiger charge is -2.31. The predicted molar refractivity (Wildman–Crippen MR) is 50.7 cm³/mol. The Kier molecular flexibility index (Phi) is 2.54. The summed E-state index contributed by atoms with van der Waals surface area (Å²) in [5, 5.41) is 17.0. The van der Waals surface area contributed by atoms with Crippen LogP contribution in [-0.4, -0.2) is 15.3 Å². The zero-order valence-electron chi connectivity index (χ0n) is 8.60. The quantitative estimate of drug-likeness (QED) is 0.803. The fourth-order valence-electron chi connectivity index (χ4n) is 1.85. The SMILES string of the molecule is CCC1CC(c2nnc([C@H](C)O)o2)C1. The van der Waals surface area contributed by atoms with Crippen molar-refractivity contribution in [1.82, 2.24) is 10.2 Å². The molecule has 0 radical (unpaired) electrons. The van der Waals surface area contributed by atoms with Gasteiger partial charge in [0.05, 0.1) is 0 Å². The number of aliphatic hydroxyl groups excluding tert-OH is 1. The molecular weight excluding hydrogens is 180 g/mol. The molecule has 14 heavy (non-hydrogen) atoms. The van der Waals surface area contributed by atoms with Crippen molar-refractivity contribution in [2.45, 2.75) is 45.1 Å². The van der Waals surface area contributed by atoms with Crippen LogP contribution in [0.4, 0.5) is 0 Å². The molecule has 0 saturated heterocycles. The topological polar surface area (TPSA) is 59.2 Å². The molecule has 1 saturated carbocycles. The Morgan fingerprint density at radius 2 is 2.21 bits per heavy atom. The van der Waals surface area contributed by atoms with Crippen LogP contribution in [0.1, 0.15) is 56.9 Å². The van der Waals surface area contributed by atoms with Crippen molar-refractivity contribution in [1.29, 1.82) is 0 Å². The average Bonchev–Trinajstić information content (AvgIpc) is 2.51. The fraction of sp³-hybridized carbons (Fsp3) is 0.800. The molecule has 0 amide bonds. The zero-order chi connectivity index (χ0) is 10.1. The third kappa shape index (κ3) is 1.66. The summed E-state index contributed by atoms with van der Waals surface area (Å²) < 4.78 is 5.37. The van der Waals surface area contributed by atoms with E-state index >= 15 is 0 Å². The van der Waals surface area contributed by atoms with Gasteiger partial charge in [-0.1, -0.05) is 13.3 Å². The molecule has 1 N–H and O–H groups in total. The van der Waals surface area contributed by atoms with E-state index in [-0.39, 0.29) is 0 Å². The van der Waals surface area contributed by atoms with E-state index in [1.165, 1.54) is 6.42 Å². The largest absolute Gasteiger partial charge is 0.422 e. The van der Waals surface area contributed by atoms with Gasteiger partial charge >= 0.3 is 0 Å². The van der Waals surface area contributed by atoms with E-state index in [0.29, 0.717) is 17.7 Å². The van der Waals surface area contributed by atoms with Crippen LogP contribution < -0.4 is 0 Å². The van der Waals surface area contributed by atoms with E-state index in [1.807, 2.05) is 0 Å². The van der Waals surface area contributed by atoms with E-state index in [4.69, 9.17) is 4.42 Å². The van der Waals surface area contributed by atoms with Crippen LogP contribution in [0.25, 0.3) is 0 Å². The predicted octanol–water partition coefficient (Wildman–Crippen LogP) is 2.03. The van der Waals surface area contributed by atoms with Gasteiger partial charge in [0.1, 0.15) is 6.10 Å². The standard InChI is InChI=1S/C10H16N2O2/c1-3-7-4-8(5-7)10-12-11-9(14-10)6(2)13/h6-8,13H,3-5H2,1-2H3/t6-,7?,8?/m0/s1. The van der Waals surface area contributed by atoms with Crippen LogP contribution >= 0.6 is 0 Å². The summed E-state index contributed by atoms with van der Waals surface area (Å²) in [4.78, 5) is 0. The van der Waals surface area contributed by atoms with E-state index in [1.54, 1.807) is 6.92 Å². The fourth-order valence-corrected chi connectivity index (χ4v) is 1.85. The molecule has 1 aromatic rings. The van der Waals surface area contributed by atoms with Crippen LogP contribution in [0.5, 0.6) is 0 Å². The first-order chi connectivity index (χ1) is 6.70. The molecule has 4 nitrogen and oxygen atoms in total. The molecule has 1 aliphatic rings. The number of nitrogens with zero attached hydrogens (tertiary/aromatic N) is 2. The monoisotopic (exact) mass is 196 g/mol. The van der Waals surface area contributed by atoms with Crippen molar-refractivity contribution >= 4 is 0 Å². The van der Waals surface area contributed by atoms with Crippen LogP contribution in [0.15, 0.2) is 4.42 Å². The third-order valence-corrected chi connectivity index (χ3v) is 2.98. The van der Waals surface area contributed by atoms with Gasteiger partial charge in [-0.15, -0.1) is 10.2 Å². The van der Waals surface area contributed by atoms with Crippen molar-refractivity contribution in [2.75, 3.05) is 0 Å². The molecule has 1 fully saturated rings. The van der Waals surface area contributed by atoms with Gasteiger partial charge in [0.25, 0.3) is 0 Å². The van der Waals surface area contributed by atoms with Gasteiger partial charge in [-0.05, 0) is 25.7 Å². The minimum absolute atomic E-state index is 0.333. The van der Waals surface area contributed by atoms with E-state index in [0.717, 1.165) is 18.8 Å². The Balaban J connectivity index is 1.98. The lowest BCUT2D eigenvalue weighted by molar-refractivity contribution is 0.152. The van der Waals surface area contributed by atoms with E-state index < -0.39 is 6.10 Å². The Labute approximate surface area is 83.3 Å². The lowest BCUT2D eigenvalue weighted by atomic mass is 9.73. The van der Waals surface area contributed by atoms with Crippen LogP contribution in [-0.2, 0) is 0 Å². The molecule has 2 rings (SSSR count). The Morgan fingerprint density at radius 1 is 1.50 bits per heavy atom. The summed E-state index contributed by atoms with van der Waals surface area (Å²) in [6.45, 7) is 3.84. The maximum absolute atomic E-state index is 9.21. The number of aromatic nitrogens is 2. The highest BCUT2D eigenvalue weighted by atomic mass is 16.4. The van der Waals surface area contributed by atoms with Crippen molar-refractivity contribution in [2.24, 2.45) is 5.92 Å². The highest BCUT2D eigenvalue weighted by Gasteiger charge is 2.33. The summed E-state index contributed by atoms with van der Waals surface area (Å²) in [7, 11) is 0. The van der Waals surface area contributed by atoms with Crippen molar-refractivity contribution in [3.05, 3.63) is 11.8 Å². The highest BCUT2D eigenvalue weighted by Crippen LogP contribution is 2.42. The van der Waals surface area contributed by atoms with Crippen molar-refractivity contribution < 1.29 is 9.52 Å². The molecule has 1 heterocycles. The first-order valence-corrected chi connectivity index (χ1v) is 5.22. The van der Waals surface area contributed by atoms with Crippen molar-refractivity contribution in [3.63, 3.8) is 0 Å². The molecule has 0 bridgehead atoms. The normalized spacial score (nSPS) is 28.5. The first kappa shape index (κ1) is 9.65. The summed E-state index contributed by atoms with van der Waals surface area (Å²) in [5.74, 6) is 2.28. The summed E-state index contributed by atoms with van der Waals surface area (Å²) >= 11 is 0. The van der Waals surface area contributed by atoms with E-state index in [2.05, 4.69) is 17.1 Å². The molecule has 1 atom stereocenters. The molecule has 0 unspecified atom stereocenters. The number of rotatable bonds is 3. The van der Waals surface area contributed by atoms with Gasteiger partial charge in [-0.2, -0.15) is 0 Å². The molecular formula is C10H16N2O2. The summed E-state index contributed by atoms with van der Waals surface area (Å²) in [5.41, 5.74) is 0. The summed E-state index contributed by atoms with van der Waals surface area (Å²) in [6.07, 6.45) is 2.88. The lowest BCUT2D eigenvalue weighted by Crippen LogP contribution is -2.21. The maximum atomic E-state index is 9.21. The van der Waals surface area contributed by atoms with E-state index in [9.17, 15) is 5.11 Å².